The summed E-state index contributed by atoms with van der Waals surface area (Å²) in [5.41, 5.74) is 0.535. The van der Waals surface area contributed by atoms with Crippen molar-refractivity contribution in [2.45, 2.75) is 19.3 Å². The van der Waals surface area contributed by atoms with E-state index in [9.17, 15) is 14.4 Å². The molecule has 1 saturated heterocycles. The number of fused-ring (bicyclic) bond motifs is 5. The molecule has 24 heavy (non-hydrogen) atoms. The predicted octanol–water partition coefficient (Wildman–Crippen LogP) is 3.07. The Balaban J connectivity index is 1.45. The Kier molecular flexibility index (Phi) is 3.92. The molecule has 1 aliphatic heterocycles. The molecule has 7 heteroatoms. The molecule has 3 amide bonds. The van der Waals surface area contributed by atoms with Gasteiger partial charge in [-0.05, 0) is 65.2 Å². The number of rotatable bonds is 3. The zero-order chi connectivity index (χ0) is 17.0. The van der Waals surface area contributed by atoms with E-state index in [0.29, 0.717) is 22.5 Å². The standard InChI is InChI=1S/C17H16BrClN2O3/c18-11-4-3-10(6-12(11)19)20-13(22)7-21-16(23)14-8-1-2-9(5-8)15(14)17(21)24/h3-4,6,8-9,14-15H,1-2,5,7H2,(H,20,22). The summed E-state index contributed by atoms with van der Waals surface area (Å²) >= 11 is 9.29. The average molecular weight is 412 g/mol. The van der Waals surface area contributed by atoms with Gasteiger partial charge in [0.25, 0.3) is 0 Å². The molecule has 2 bridgehead atoms. The van der Waals surface area contributed by atoms with Crippen LogP contribution in [0.5, 0.6) is 0 Å². The first-order chi connectivity index (χ1) is 11.5. The van der Waals surface area contributed by atoms with E-state index >= 15 is 0 Å². The van der Waals surface area contributed by atoms with Crippen LogP contribution in [0.1, 0.15) is 19.3 Å². The molecule has 126 valence electrons. The van der Waals surface area contributed by atoms with Crippen molar-refractivity contribution in [3.05, 3.63) is 27.7 Å². The van der Waals surface area contributed by atoms with Crippen LogP contribution in [0.15, 0.2) is 22.7 Å². The molecule has 1 heterocycles. The lowest BCUT2D eigenvalue weighted by Crippen LogP contribution is -2.39. The topological polar surface area (TPSA) is 66.5 Å². The van der Waals surface area contributed by atoms with Crippen molar-refractivity contribution in [3.63, 3.8) is 0 Å². The summed E-state index contributed by atoms with van der Waals surface area (Å²) < 4.78 is 0.732. The predicted molar refractivity (Wildman–Crippen MR) is 92.3 cm³/mol. The van der Waals surface area contributed by atoms with E-state index in [-0.39, 0.29) is 36.1 Å². The number of carbonyl (C=O) groups excluding carboxylic acids is 3. The third kappa shape index (κ3) is 2.47. The molecule has 4 rings (SSSR count). The molecule has 0 spiro atoms. The second kappa shape index (κ2) is 5.85. The highest BCUT2D eigenvalue weighted by atomic mass is 79.9. The zero-order valence-corrected chi connectivity index (χ0v) is 15.1. The molecule has 3 fully saturated rings. The maximum Gasteiger partial charge on any atom is 0.244 e. The highest BCUT2D eigenvalue weighted by molar-refractivity contribution is 9.10. The summed E-state index contributed by atoms with van der Waals surface area (Å²) in [5.74, 6) is -0.438. The minimum atomic E-state index is -0.387. The van der Waals surface area contributed by atoms with Crippen molar-refractivity contribution in [1.29, 1.82) is 0 Å². The van der Waals surface area contributed by atoms with Gasteiger partial charge < -0.3 is 5.32 Å². The third-order valence-electron chi connectivity index (χ3n) is 5.52. The summed E-state index contributed by atoms with van der Waals surface area (Å²) in [7, 11) is 0. The molecule has 2 saturated carbocycles. The Morgan fingerprint density at radius 1 is 1.21 bits per heavy atom. The van der Waals surface area contributed by atoms with Gasteiger partial charge in [-0.15, -0.1) is 0 Å². The van der Waals surface area contributed by atoms with Crippen LogP contribution in [0.4, 0.5) is 5.69 Å². The first kappa shape index (κ1) is 16.1. The molecule has 1 aromatic carbocycles. The van der Waals surface area contributed by atoms with Gasteiger partial charge in [0.15, 0.2) is 0 Å². The molecule has 0 aromatic heterocycles. The second-order valence-corrected chi connectivity index (χ2v) is 8.09. The van der Waals surface area contributed by atoms with E-state index in [4.69, 9.17) is 11.6 Å². The highest BCUT2D eigenvalue weighted by Crippen LogP contribution is 2.56. The number of amides is 3. The zero-order valence-electron chi connectivity index (χ0n) is 12.8. The molecule has 0 radical (unpaired) electrons. The van der Waals surface area contributed by atoms with Crippen LogP contribution < -0.4 is 5.32 Å². The summed E-state index contributed by atoms with van der Waals surface area (Å²) in [4.78, 5) is 38.5. The summed E-state index contributed by atoms with van der Waals surface area (Å²) in [6.07, 6.45) is 3.05. The van der Waals surface area contributed by atoms with Gasteiger partial charge in [0.2, 0.25) is 17.7 Å². The maximum absolute atomic E-state index is 12.6. The number of hydrogen-bond donors (Lipinski definition) is 1. The van der Waals surface area contributed by atoms with Gasteiger partial charge in [-0.2, -0.15) is 0 Å². The van der Waals surface area contributed by atoms with Crippen molar-refractivity contribution in [1.82, 2.24) is 4.90 Å². The van der Waals surface area contributed by atoms with Crippen LogP contribution in [0.3, 0.4) is 0 Å². The summed E-state index contributed by atoms with van der Waals surface area (Å²) in [5, 5.41) is 3.17. The number of anilines is 1. The van der Waals surface area contributed by atoms with Crippen LogP contribution in [0.2, 0.25) is 5.02 Å². The molecule has 1 aromatic rings. The third-order valence-corrected chi connectivity index (χ3v) is 6.76. The SMILES string of the molecule is O=C(CN1C(=O)C2C3CCC(C3)C2C1=O)Nc1ccc(Br)c(Cl)c1. The fraction of sp³-hybridized carbons (Fsp3) is 0.471. The minimum Gasteiger partial charge on any atom is -0.324 e. The van der Waals surface area contributed by atoms with Crippen molar-refractivity contribution in [2.75, 3.05) is 11.9 Å². The Morgan fingerprint density at radius 3 is 2.42 bits per heavy atom. The number of halogens is 2. The number of likely N-dealkylation sites (tertiary alicyclic amines) is 1. The van der Waals surface area contributed by atoms with E-state index in [1.807, 2.05) is 0 Å². The maximum atomic E-state index is 12.6. The van der Waals surface area contributed by atoms with E-state index in [0.717, 1.165) is 28.6 Å². The molecule has 4 unspecified atom stereocenters. The monoisotopic (exact) mass is 410 g/mol. The fourth-order valence-corrected chi connectivity index (χ4v) is 4.97. The summed E-state index contributed by atoms with van der Waals surface area (Å²) in [6, 6.07) is 5.05. The minimum absolute atomic E-state index is 0.166. The highest BCUT2D eigenvalue weighted by Gasteiger charge is 2.60. The number of imide groups is 1. The van der Waals surface area contributed by atoms with Gasteiger partial charge in [-0.25, -0.2) is 0 Å². The van der Waals surface area contributed by atoms with Gasteiger partial charge >= 0.3 is 0 Å². The van der Waals surface area contributed by atoms with E-state index in [2.05, 4.69) is 21.2 Å². The van der Waals surface area contributed by atoms with Crippen LogP contribution >= 0.6 is 27.5 Å². The Morgan fingerprint density at radius 2 is 1.83 bits per heavy atom. The van der Waals surface area contributed by atoms with Crippen LogP contribution in [-0.4, -0.2) is 29.2 Å². The Labute approximate surface area is 152 Å². The van der Waals surface area contributed by atoms with E-state index in [1.165, 1.54) is 0 Å². The first-order valence-corrected chi connectivity index (χ1v) is 9.23. The van der Waals surface area contributed by atoms with Crippen LogP contribution in [0, 0.1) is 23.7 Å². The van der Waals surface area contributed by atoms with Crippen LogP contribution in [0.25, 0.3) is 0 Å². The first-order valence-electron chi connectivity index (χ1n) is 8.06. The normalized spacial score (nSPS) is 30.8. The van der Waals surface area contributed by atoms with Crippen molar-refractivity contribution in [3.8, 4) is 0 Å². The quantitative estimate of drug-likeness (QED) is 0.777. The van der Waals surface area contributed by atoms with Gasteiger partial charge in [-0.1, -0.05) is 11.6 Å². The number of nitrogens with one attached hydrogen (secondary N) is 1. The lowest BCUT2D eigenvalue weighted by atomic mass is 9.81. The summed E-state index contributed by atoms with van der Waals surface area (Å²) in [6.45, 7) is -0.224. The Bertz CT molecular complexity index is 725. The van der Waals surface area contributed by atoms with Crippen molar-refractivity contribution < 1.29 is 14.4 Å². The Hall–Kier alpha value is -1.40. The number of hydrogen-bond acceptors (Lipinski definition) is 3. The van der Waals surface area contributed by atoms with Gasteiger partial charge in [0, 0.05) is 10.2 Å². The van der Waals surface area contributed by atoms with Gasteiger partial charge in [0.05, 0.1) is 16.9 Å². The van der Waals surface area contributed by atoms with E-state index in [1.54, 1.807) is 18.2 Å². The fourth-order valence-electron chi connectivity index (χ4n) is 4.54. The van der Waals surface area contributed by atoms with Crippen LogP contribution in [-0.2, 0) is 14.4 Å². The molecular weight excluding hydrogens is 396 g/mol. The smallest absolute Gasteiger partial charge is 0.244 e. The van der Waals surface area contributed by atoms with Crippen molar-refractivity contribution in [2.24, 2.45) is 23.7 Å². The molecule has 4 atom stereocenters. The largest absolute Gasteiger partial charge is 0.324 e. The molecule has 2 aliphatic carbocycles. The molecule has 5 nitrogen and oxygen atoms in total. The molecule has 3 aliphatic rings. The number of benzene rings is 1. The van der Waals surface area contributed by atoms with Crippen molar-refractivity contribution >= 4 is 50.9 Å². The lowest BCUT2D eigenvalue weighted by molar-refractivity contribution is -0.143. The number of nitrogens with zero attached hydrogens (tertiary/aromatic N) is 1. The number of carbonyl (C=O) groups is 3. The molecular formula is C17H16BrClN2O3. The van der Waals surface area contributed by atoms with E-state index < -0.39 is 0 Å². The lowest BCUT2D eigenvalue weighted by Gasteiger charge is -2.19. The second-order valence-electron chi connectivity index (χ2n) is 6.82. The van der Waals surface area contributed by atoms with Gasteiger partial charge in [-0.3, -0.25) is 19.3 Å². The molecule has 1 N–H and O–H groups in total. The van der Waals surface area contributed by atoms with Gasteiger partial charge in [0.1, 0.15) is 6.54 Å². The average Bonchev–Trinajstić information content (AvgIpc) is 3.21.